The first-order chi connectivity index (χ1) is 9.81. The van der Waals surface area contributed by atoms with Crippen molar-refractivity contribution in [3.05, 3.63) is 23.3 Å². The summed E-state index contributed by atoms with van der Waals surface area (Å²) in [5.41, 5.74) is 6.58. The van der Waals surface area contributed by atoms with Crippen LogP contribution in [0, 0.1) is 0 Å². The van der Waals surface area contributed by atoms with E-state index in [2.05, 4.69) is 19.9 Å². The van der Waals surface area contributed by atoms with Crippen molar-refractivity contribution in [1.29, 1.82) is 0 Å². The molecule has 0 amide bonds. The molecule has 20 heavy (non-hydrogen) atoms. The van der Waals surface area contributed by atoms with Crippen LogP contribution < -0.4 is 5.73 Å². The molecule has 2 aromatic rings. The van der Waals surface area contributed by atoms with Crippen LogP contribution in [0.1, 0.15) is 36.2 Å². The SMILES string of the molecule is COCc1cc(CSc2nnc(CN)n2C2CC2)no1. The van der Waals surface area contributed by atoms with Gasteiger partial charge in [0.05, 0.1) is 12.2 Å². The second-order valence-corrected chi connectivity index (χ2v) is 5.65. The van der Waals surface area contributed by atoms with Crippen molar-refractivity contribution < 1.29 is 9.26 Å². The zero-order valence-electron chi connectivity index (χ0n) is 11.3. The number of methoxy groups -OCH3 is 1. The van der Waals surface area contributed by atoms with E-state index in [1.165, 1.54) is 12.8 Å². The van der Waals surface area contributed by atoms with Gasteiger partial charge < -0.3 is 19.6 Å². The number of thioether (sulfide) groups is 1. The Labute approximate surface area is 120 Å². The van der Waals surface area contributed by atoms with Gasteiger partial charge in [0.2, 0.25) is 0 Å². The molecule has 0 aliphatic heterocycles. The number of nitrogens with two attached hydrogens (primary N) is 1. The zero-order valence-corrected chi connectivity index (χ0v) is 12.1. The monoisotopic (exact) mass is 295 g/mol. The number of nitrogens with zero attached hydrogens (tertiary/aromatic N) is 4. The van der Waals surface area contributed by atoms with Gasteiger partial charge in [-0.05, 0) is 12.8 Å². The maximum Gasteiger partial charge on any atom is 0.191 e. The van der Waals surface area contributed by atoms with Crippen molar-refractivity contribution >= 4 is 11.8 Å². The first-order valence-corrected chi connectivity index (χ1v) is 7.50. The summed E-state index contributed by atoms with van der Waals surface area (Å²) in [6.07, 6.45) is 2.36. The molecule has 1 aliphatic carbocycles. The van der Waals surface area contributed by atoms with Gasteiger partial charge in [-0.15, -0.1) is 10.2 Å². The molecule has 1 saturated carbocycles. The van der Waals surface area contributed by atoms with E-state index < -0.39 is 0 Å². The number of aromatic nitrogens is 4. The van der Waals surface area contributed by atoms with Crippen LogP contribution in [-0.4, -0.2) is 27.0 Å². The van der Waals surface area contributed by atoms with E-state index in [4.69, 9.17) is 15.0 Å². The highest BCUT2D eigenvalue weighted by Gasteiger charge is 2.29. The van der Waals surface area contributed by atoms with Gasteiger partial charge in [-0.1, -0.05) is 16.9 Å². The summed E-state index contributed by atoms with van der Waals surface area (Å²) < 4.78 is 12.3. The third kappa shape index (κ3) is 2.87. The minimum Gasteiger partial charge on any atom is -0.377 e. The van der Waals surface area contributed by atoms with Crippen LogP contribution in [-0.2, 0) is 23.6 Å². The Morgan fingerprint density at radius 3 is 3.05 bits per heavy atom. The van der Waals surface area contributed by atoms with E-state index >= 15 is 0 Å². The van der Waals surface area contributed by atoms with Gasteiger partial charge in [0.25, 0.3) is 0 Å². The summed E-state index contributed by atoms with van der Waals surface area (Å²) in [7, 11) is 1.63. The second kappa shape index (κ2) is 5.94. The summed E-state index contributed by atoms with van der Waals surface area (Å²) in [5.74, 6) is 2.28. The molecule has 0 spiro atoms. The van der Waals surface area contributed by atoms with E-state index in [0.717, 1.165) is 22.4 Å². The highest BCUT2D eigenvalue weighted by Crippen LogP contribution is 2.39. The third-order valence-corrected chi connectivity index (χ3v) is 4.05. The predicted octanol–water partition coefficient (Wildman–Crippen LogP) is 1.50. The Balaban J connectivity index is 1.67. The van der Waals surface area contributed by atoms with E-state index in [1.54, 1.807) is 18.9 Å². The molecule has 1 fully saturated rings. The molecule has 0 saturated heterocycles. The summed E-state index contributed by atoms with van der Waals surface area (Å²) in [5, 5.41) is 13.3. The fraction of sp³-hybridized carbons (Fsp3) is 0.583. The summed E-state index contributed by atoms with van der Waals surface area (Å²) in [6.45, 7) is 0.860. The maximum atomic E-state index is 5.70. The van der Waals surface area contributed by atoms with Gasteiger partial charge in [0.15, 0.2) is 10.9 Å². The lowest BCUT2D eigenvalue weighted by molar-refractivity contribution is 0.156. The lowest BCUT2D eigenvalue weighted by Gasteiger charge is -2.06. The molecule has 2 heterocycles. The van der Waals surface area contributed by atoms with Crippen LogP contribution in [0.25, 0.3) is 0 Å². The number of hydrogen-bond donors (Lipinski definition) is 1. The second-order valence-electron chi connectivity index (χ2n) is 4.71. The summed E-state index contributed by atoms with van der Waals surface area (Å²) in [4.78, 5) is 0. The molecule has 8 heteroatoms. The Morgan fingerprint density at radius 1 is 1.50 bits per heavy atom. The van der Waals surface area contributed by atoms with Gasteiger partial charge in [0, 0.05) is 25.0 Å². The fourth-order valence-electron chi connectivity index (χ4n) is 2.02. The molecular formula is C12H17N5O2S. The molecule has 0 atom stereocenters. The highest BCUT2D eigenvalue weighted by molar-refractivity contribution is 7.98. The Bertz CT molecular complexity index is 578. The van der Waals surface area contributed by atoms with E-state index in [9.17, 15) is 0 Å². The van der Waals surface area contributed by atoms with Crippen molar-refractivity contribution in [2.45, 2.75) is 42.9 Å². The minimum atomic E-state index is 0.423. The Kier molecular flexibility index (Phi) is 4.04. The topological polar surface area (TPSA) is 92.0 Å². The maximum absolute atomic E-state index is 5.70. The first kappa shape index (κ1) is 13.6. The third-order valence-electron chi connectivity index (χ3n) is 3.07. The average molecular weight is 295 g/mol. The molecule has 0 unspecified atom stereocenters. The highest BCUT2D eigenvalue weighted by atomic mass is 32.2. The molecule has 0 radical (unpaired) electrons. The molecular weight excluding hydrogens is 278 g/mol. The van der Waals surface area contributed by atoms with Gasteiger partial charge >= 0.3 is 0 Å². The van der Waals surface area contributed by atoms with Crippen molar-refractivity contribution in [3.8, 4) is 0 Å². The molecule has 108 valence electrons. The number of ether oxygens (including phenoxy) is 1. The van der Waals surface area contributed by atoms with Crippen LogP contribution in [0.2, 0.25) is 0 Å². The zero-order chi connectivity index (χ0) is 13.9. The van der Waals surface area contributed by atoms with Crippen molar-refractivity contribution in [1.82, 2.24) is 19.9 Å². The van der Waals surface area contributed by atoms with Crippen molar-refractivity contribution in [3.63, 3.8) is 0 Å². The largest absolute Gasteiger partial charge is 0.377 e. The van der Waals surface area contributed by atoms with Gasteiger partial charge in [-0.25, -0.2) is 0 Å². The van der Waals surface area contributed by atoms with Crippen LogP contribution >= 0.6 is 11.8 Å². The molecule has 2 N–H and O–H groups in total. The Morgan fingerprint density at radius 2 is 2.35 bits per heavy atom. The van der Waals surface area contributed by atoms with E-state index in [-0.39, 0.29) is 0 Å². The molecule has 0 bridgehead atoms. The van der Waals surface area contributed by atoms with Crippen LogP contribution in [0.15, 0.2) is 15.7 Å². The number of hydrogen-bond acceptors (Lipinski definition) is 7. The molecule has 7 nitrogen and oxygen atoms in total. The van der Waals surface area contributed by atoms with Crippen molar-refractivity contribution in [2.24, 2.45) is 5.73 Å². The Hall–Kier alpha value is -1.38. The van der Waals surface area contributed by atoms with E-state index in [0.29, 0.717) is 24.9 Å². The fourth-order valence-corrected chi connectivity index (χ4v) is 2.92. The average Bonchev–Trinajstić information content (AvgIpc) is 3.05. The lowest BCUT2D eigenvalue weighted by atomic mass is 10.4. The van der Waals surface area contributed by atoms with Crippen LogP contribution in [0.4, 0.5) is 0 Å². The van der Waals surface area contributed by atoms with Gasteiger partial charge in [-0.3, -0.25) is 0 Å². The predicted molar refractivity (Wildman–Crippen MR) is 73.0 cm³/mol. The summed E-state index contributed by atoms with van der Waals surface area (Å²) in [6, 6.07) is 2.42. The van der Waals surface area contributed by atoms with Crippen LogP contribution in [0.3, 0.4) is 0 Å². The number of rotatable bonds is 7. The molecule has 0 aromatic carbocycles. The van der Waals surface area contributed by atoms with Crippen LogP contribution in [0.5, 0.6) is 0 Å². The first-order valence-electron chi connectivity index (χ1n) is 6.52. The molecule has 3 rings (SSSR count). The molecule has 1 aliphatic rings. The standard InChI is InChI=1S/C12H17N5O2S/c1-18-6-10-4-8(16-19-10)7-20-12-15-14-11(5-13)17(12)9-2-3-9/h4,9H,2-3,5-7,13H2,1H3. The lowest BCUT2D eigenvalue weighted by Crippen LogP contribution is -2.08. The van der Waals surface area contributed by atoms with E-state index in [1.807, 2.05) is 6.07 Å². The van der Waals surface area contributed by atoms with Gasteiger partial charge in [-0.2, -0.15) is 0 Å². The van der Waals surface area contributed by atoms with Crippen molar-refractivity contribution in [2.75, 3.05) is 7.11 Å². The van der Waals surface area contributed by atoms with Gasteiger partial charge in [0.1, 0.15) is 12.4 Å². The normalized spacial score (nSPS) is 14.9. The smallest absolute Gasteiger partial charge is 0.191 e. The molecule has 2 aromatic heterocycles. The minimum absolute atomic E-state index is 0.423. The quantitative estimate of drug-likeness (QED) is 0.774. The summed E-state index contributed by atoms with van der Waals surface area (Å²) >= 11 is 1.61.